The van der Waals surface area contributed by atoms with Crippen LogP contribution in [0.5, 0.6) is 0 Å². The molecule has 2 saturated heterocycles. The van der Waals surface area contributed by atoms with Gasteiger partial charge in [-0.2, -0.15) is 0 Å². The zero-order valence-corrected chi connectivity index (χ0v) is 8.21. The van der Waals surface area contributed by atoms with Gasteiger partial charge in [0.15, 0.2) is 0 Å². The first-order valence-electron chi connectivity index (χ1n) is 5.13. The molecule has 4 N–H and O–H groups in total. The van der Waals surface area contributed by atoms with E-state index in [4.69, 9.17) is 11.5 Å². The Labute approximate surface area is 79.8 Å². The number of hydrogen-bond acceptors (Lipinski definition) is 4. The molecule has 2 fully saturated rings. The third kappa shape index (κ3) is 1.72. The minimum absolute atomic E-state index is 0.602. The summed E-state index contributed by atoms with van der Waals surface area (Å²) in [5.74, 6) is 0. The van der Waals surface area contributed by atoms with E-state index in [-0.39, 0.29) is 0 Å². The van der Waals surface area contributed by atoms with Gasteiger partial charge < -0.3 is 11.5 Å². The molecule has 2 aliphatic heterocycles. The lowest BCUT2D eigenvalue weighted by Gasteiger charge is -2.53. The number of nitrogens with zero attached hydrogens (tertiary/aromatic N) is 2. The van der Waals surface area contributed by atoms with Crippen LogP contribution in [0.3, 0.4) is 0 Å². The Bertz CT molecular complexity index is 166. The summed E-state index contributed by atoms with van der Waals surface area (Å²) < 4.78 is 0. The second-order valence-electron chi connectivity index (χ2n) is 4.47. The lowest BCUT2D eigenvalue weighted by molar-refractivity contribution is -0.0444. The van der Waals surface area contributed by atoms with E-state index in [2.05, 4.69) is 9.80 Å². The standard InChI is InChI=1S/C9H20N4/c10-7-12-3-1-9(2-4-12)5-13(6-9)8-11/h1-8,10-11H2. The van der Waals surface area contributed by atoms with Crippen LogP contribution in [0.4, 0.5) is 0 Å². The van der Waals surface area contributed by atoms with Gasteiger partial charge in [-0.25, -0.2) is 0 Å². The van der Waals surface area contributed by atoms with E-state index in [9.17, 15) is 0 Å². The predicted molar refractivity (Wildman–Crippen MR) is 52.9 cm³/mol. The van der Waals surface area contributed by atoms with Crippen molar-refractivity contribution in [2.45, 2.75) is 12.8 Å². The number of nitrogens with two attached hydrogens (primary N) is 2. The van der Waals surface area contributed by atoms with Crippen molar-refractivity contribution in [1.29, 1.82) is 0 Å². The van der Waals surface area contributed by atoms with E-state index >= 15 is 0 Å². The summed E-state index contributed by atoms with van der Waals surface area (Å²) in [7, 11) is 0. The van der Waals surface area contributed by atoms with E-state index in [0.29, 0.717) is 5.41 Å². The average Bonchev–Trinajstić information content (AvgIpc) is 2.14. The molecule has 0 aromatic heterocycles. The summed E-state index contributed by atoms with van der Waals surface area (Å²) in [6.45, 7) is 6.21. The van der Waals surface area contributed by atoms with E-state index < -0.39 is 0 Å². The van der Waals surface area contributed by atoms with Crippen molar-refractivity contribution >= 4 is 0 Å². The van der Waals surface area contributed by atoms with E-state index in [1.807, 2.05) is 0 Å². The molecule has 0 unspecified atom stereocenters. The molecule has 13 heavy (non-hydrogen) atoms. The van der Waals surface area contributed by atoms with Crippen LogP contribution in [-0.2, 0) is 0 Å². The van der Waals surface area contributed by atoms with Crippen molar-refractivity contribution in [3.63, 3.8) is 0 Å². The van der Waals surface area contributed by atoms with Gasteiger partial charge in [-0.3, -0.25) is 9.80 Å². The molecule has 2 heterocycles. The molecule has 4 nitrogen and oxygen atoms in total. The molecule has 0 radical (unpaired) electrons. The van der Waals surface area contributed by atoms with Crippen molar-refractivity contribution in [2.75, 3.05) is 39.5 Å². The van der Waals surface area contributed by atoms with Gasteiger partial charge in [-0.1, -0.05) is 0 Å². The zero-order chi connectivity index (χ0) is 9.31. The molecule has 0 saturated carbocycles. The number of hydrogen-bond donors (Lipinski definition) is 2. The maximum Gasteiger partial charge on any atom is 0.0455 e. The summed E-state index contributed by atoms with van der Waals surface area (Å²) in [5, 5.41) is 0. The highest BCUT2D eigenvalue weighted by Gasteiger charge is 2.43. The third-order valence-electron chi connectivity index (χ3n) is 3.55. The fourth-order valence-corrected chi connectivity index (χ4v) is 2.56. The lowest BCUT2D eigenvalue weighted by Crippen LogP contribution is -2.61. The Hall–Kier alpha value is -0.160. The number of rotatable bonds is 2. The largest absolute Gasteiger partial charge is 0.318 e. The minimum atomic E-state index is 0.602. The normalized spacial score (nSPS) is 29.1. The van der Waals surface area contributed by atoms with Gasteiger partial charge in [-0.15, -0.1) is 0 Å². The lowest BCUT2D eigenvalue weighted by atomic mass is 9.72. The van der Waals surface area contributed by atoms with Gasteiger partial charge in [0, 0.05) is 26.4 Å². The van der Waals surface area contributed by atoms with E-state index in [1.165, 1.54) is 39.0 Å². The molecule has 0 amide bonds. The molecular formula is C9H20N4. The van der Waals surface area contributed by atoms with Crippen LogP contribution >= 0.6 is 0 Å². The highest BCUT2D eigenvalue weighted by Crippen LogP contribution is 2.39. The smallest absolute Gasteiger partial charge is 0.0455 e. The Balaban J connectivity index is 1.79. The molecule has 0 aromatic rings. The van der Waals surface area contributed by atoms with Crippen LogP contribution in [0.15, 0.2) is 0 Å². The van der Waals surface area contributed by atoms with Crippen LogP contribution < -0.4 is 11.5 Å². The van der Waals surface area contributed by atoms with Gasteiger partial charge in [0.05, 0.1) is 0 Å². The number of likely N-dealkylation sites (tertiary alicyclic amines) is 2. The van der Waals surface area contributed by atoms with Crippen LogP contribution in [0, 0.1) is 5.41 Å². The number of piperidine rings is 1. The first-order valence-corrected chi connectivity index (χ1v) is 5.13. The quantitative estimate of drug-likeness (QED) is 0.591. The van der Waals surface area contributed by atoms with Crippen LogP contribution in [0.2, 0.25) is 0 Å². The maximum atomic E-state index is 5.60. The summed E-state index contributed by atoms with van der Waals surface area (Å²) in [6.07, 6.45) is 2.61. The Morgan fingerprint density at radius 3 is 1.92 bits per heavy atom. The third-order valence-corrected chi connectivity index (χ3v) is 3.55. The predicted octanol–water partition coefficient (Wildman–Crippen LogP) is -0.783. The van der Waals surface area contributed by atoms with Gasteiger partial charge in [0.2, 0.25) is 0 Å². The molecule has 0 bridgehead atoms. The monoisotopic (exact) mass is 184 g/mol. The van der Waals surface area contributed by atoms with Crippen LogP contribution in [-0.4, -0.2) is 49.3 Å². The summed E-state index contributed by atoms with van der Waals surface area (Å²) in [5.41, 5.74) is 11.8. The maximum absolute atomic E-state index is 5.60. The fraction of sp³-hybridized carbons (Fsp3) is 1.00. The summed E-state index contributed by atoms with van der Waals surface area (Å²) in [4.78, 5) is 4.65. The van der Waals surface area contributed by atoms with Crippen LogP contribution in [0.25, 0.3) is 0 Å². The summed E-state index contributed by atoms with van der Waals surface area (Å²) >= 11 is 0. The van der Waals surface area contributed by atoms with Gasteiger partial charge in [-0.05, 0) is 31.3 Å². The van der Waals surface area contributed by atoms with Gasteiger partial charge >= 0.3 is 0 Å². The zero-order valence-electron chi connectivity index (χ0n) is 8.21. The molecule has 1 spiro atoms. The molecule has 2 aliphatic rings. The van der Waals surface area contributed by atoms with Gasteiger partial charge in [0.1, 0.15) is 0 Å². The van der Waals surface area contributed by atoms with Gasteiger partial charge in [0.25, 0.3) is 0 Å². The topological polar surface area (TPSA) is 58.5 Å². The minimum Gasteiger partial charge on any atom is -0.318 e. The van der Waals surface area contributed by atoms with Crippen LogP contribution in [0.1, 0.15) is 12.8 Å². The fourth-order valence-electron chi connectivity index (χ4n) is 2.56. The van der Waals surface area contributed by atoms with E-state index in [1.54, 1.807) is 0 Å². The van der Waals surface area contributed by atoms with Crippen molar-refractivity contribution in [3.05, 3.63) is 0 Å². The Kier molecular flexibility index (Phi) is 2.55. The first kappa shape index (κ1) is 9.40. The molecule has 4 heteroatoms. The Morgan fingerprint density at radius 2 is 1.46 bits per heavy atom. The molecule has 2 rings (SSSR count). The van der Waals surface area contributed by atoms with Crippen molar-refractivity contribution in [2.24, 2.45) is 16.9 Å². The molecular weight excluding hydrogens is 164 g/mol. The second-order valence-corrected chi connectivity index (χ2v) is 4.47. The van der Waals surface area contributed by atoms with Crippen molar-refractivity contribution < 1.29 is 0 Å². The SMILES string of the molecule is NCN1CCC2(CC1)CN(CN)C2. The first-order chi connectivity index (χ1) is 6.28. The molecule has 0 aromatic carbocycles. The van der Waals surface area contributed by atoms with Crippen molar-refractivity contribution in [3.8, 4) is 0 Å². The van der Waals surface area contributed by atoms with Crippen molar-refractivity contribution in [1.82, 2.24) is 9.80 Å². The molecule has 76 valence electrons. The summed E-state index contributed by atoms with van der Waals surface area (Å²) in [6, 6.07) is 0. The molecule has 0 aliphatic carbocycles. The average molecular weight is 184 g/mol. The highest BCUT2D eigenvalue weighted by atomic mass is 15.3. The highest BCUT2D eigenvalue weighted by molar-refractivity contribution is 4.97. The molecule has 0 atom stereocenters. The second kappa shape index (κ2) is 3.53. The Morgan fingerprint density at radius 1 is 0.923 bits per heavy atom. The van der Waals surface area contributed by atoms with E-state index in [0.717, 1.165) is 13.3 Å².